The summed E-state index contributed by atoms with van der Waals surface area (Å²) in [6.45, 7) is 6.63. The lowest BCUT2D eigenvalue weighted by molar-refractivity contribution is 0.176. The van der Waals surface area contributed by atoms with Crippen LogP contribution in [0, 0.1) is 5.92 Å². The number of rotatable bonds is 5. The van der Waals surface area contributed by atoms with E-state index in [4.69, 9.17) is 4.42 Å². The highest BCUT2D eigenvalue weighted by Crippen LogP contribution is 2.19. The van der Waals surface area contributed by atoms with Gasteiger partial charge in [-0.3, -0.25) is 4.90 Å². The van der Waals surface area contributed by atoms with Gasteiger partial charge in [-0.25, -0.2) is 0 Å². The van der Waals surface area contributed by atoms with Gasteiger partial charge in [-0.15, -0.1) is 0 Å². The molecule has 1 aliphatic heterocycles. The molecule has 1 fully saturated rings. The van der Waals surface area contributed by atoms with Crippen molar-refractivity contribution in [3.63, 3.8) is 0 Å². The molecule has 0 radical (unpaired) electrons. The molecular formula is C18H24N2O. The van der Waals surface area contributed by atoms with Crippen LogP contribution in [0.3, 0.4) is 0 Å². The van der Waals surface area contributed by atoms with Gasteiger partial charge < -0.3 is 9.73 Å². The fourth-order valence-corrected chi connectivity index (χ4v) is 3.02. The molecule has 1 N–H and O–H groups in total. The van der Waals surface area contributed by atoms with Gasteiger partial charge in [0.05, 0.1) is 12.8 Å². The van der Waals surface area contributed by atoms with Crippen LogP contribution in [0.15, 0.2) is 47.1 Å². The van der Waals surface area contributed by atoms with Crippen molar-refractivity contribution >= 4 is 5.69 Å². The Morgan fingerprint density at radius 2 is 2.10 bits per heavy atom. The third-order valence-electron chi connectivity index (χ3n) is 4.15. The van der Waals surface area contributed by atoms with Crippen molar-refractivity contribution in [2.24, 2.45) is 5.92 Å². The van der Waals surface area contributed by atoms with E-state index in [0.29, 0.717) is 0 Å². The van der Waals surface area contributed by atoms with Crippen molar-refractivity contribution < 1.29 is 4.42 Å². The van der Waals surface area contributed by atoms with Crippen LogP contribution in [0.1, 0.15) is 31.1 Å². The average molecular weight is 284 g/mol. The molecule has 3 heteroatoms. The molecule has 1 aliphatic rings. The minimum Gasteiger partial charge on any atom is -0.467 e. The third-order valence-corrected chi connectivity index (χ3v) is 4.15. The van der Waals surface area contributed by atoms with Crippen molar-refractivity contribution in [2.75, 3.05) is 18.4 Å². The van der Waals surface area contributed by atoms with Crippen LogP contribution in [0.5, 0.6) is 0 Å². The first-order valence-corrected chi connectivity index (χ1v) is 7.87. The molecule has 1 saturated heterocycles. The molecule has 2 heterocycles. The van der Waals surface area contributed by atoms with Gasteiger partial charge in [-0.05, 0) is 55.1 Å². The van der Waals surface area contributed by atoms with E-state index in [1.807, 2.05) is 12.1 Å². The molecule has 112 valence electrons. The van der Waals surface area contributed by atoms with Crippen LogP contribution in [-0.2, 0) is 13.1 Å². The van der Waals surface area contributed by atoms with Crippen LogP contribution in [-0.4, -0.2) is 18.0 Å². The number of anilines is 1. The summed E-state index contributed by atoms with van der Waals surface area (Å²) in [6.07, 6.45) is 4.43. The summed E-state index contributed by atoms with van der Waals surface area (Å²) in [5, 5.41) is 3.38. The number of hydrogen-bond donors (Lipinski definition) is 1. The first-order chi connectivity index (χ1) is 10.3. The molecule has 0 saturated carbocycles. The van der Waals surface area contributed by atoms with Gasteiger partial charge in [0.25, 0.3) is 0 Å². The molecule has 1 aromatic heterocycles. The minimum atomic E-state index is 0.732. The average Bonchev–Trinajstić information content (AvgIpc) is 3.00. The molecular weight excluding hydrogens is 260 g/mol. The van der Waals surface area contributed by atoms with Crippen molar-refractivity contribution in [2.45, 2.75) is 32.9 Å². The quantitative estimate of drug-likeness (QED) is 0.895. The molecule has 0 amide bonds. The molecule has 1 aromatic carbocycles. The number of furan rings is 1. The van der Waals surface area contributed by atoms with Crippen LogP contribution < -0.4 is 5.32 Å². The molecule has 0 aliphatic carbocycles. The third kappa shape index (κ3) is 4.11. The first-order valence-electron chi connectivity index (χ1n) is 7.87. The molecule has 0 bridgehead atoms. The smallest absolute Gasteiger partial charge is 0.122 e. The summed E-state index contributed by atoms with van der Waals surface area (Å²) in [7, 11) is 0. The molecule has 1 atom stereocenters. The van der Waals surface area contributed by atoms with Gasteiger partial charge in [0, 0.05) is 18.8 Å². The zero-order chi connectivity index (χ0) is 14.5. The Morgan fingerprint density at radius 3 is 2.81 bits per heavy atom. The Labute approximate surface area is 127 Å². The van der Waals surface area contributed by atoms with Crippen LogP contribution in [0.2, 0.25) is 0 Å². The Balaban J connectivity index is 1.51. The summed E-state index contributed by atoms with van der Waals surface area (Å²) < 4.78 is 5.32. The fraction of sp³-hybridized carbons (Fsp3) is 0.444. The second-order valence-corrected chi connectivity index (χ2v) is 6.11. The van der Waals surface area contributed by atoms with E-state index in [-0.39, 0.29) is 0 Å². The zero-order valence-electron chi connectivity index (χ0n) is 12.7. The van der Waals surface area contributed by atoms with E-state index in [9.17, 15) is 0 Å². The molecule has 21 heavy (non-hydrogen) atoms. The van der Waals surface area contributed by atoms with E-state index in [2.05, 4.69) is 41.4 Å². The summed E-state index contributed by atoms with van der Waals surface area (Å²) in [4.78, 5) is 2.57. The van der Waals surface area contributed by atoms with Gasteiger partial charge in [0.2, 0.25) is 0 Å². The Morgan fingerprint density at radius 1 is 1.24 bits per heavy atom. The van der Waals surface area contributed by atoms with Crippen LogP contribution >= 0.6 is 0 Å². The lowest BCUT2D eigenvalue weighted by atomic mass is 10.00. The van der Waals surface area contributed by atoms with E-state index in [1.165, 1.54) is 31.5 Å². The number of hydrogen-bond acceptors (Lipinski definition) is 3. The number of nitrogens with zero attached hydrogens (tertiary/aromatic N) is 1. The summed E-state index contributed by atoms with van der Waals surface area (Å²) in [5.74, 6) is 1.80. The second kappa shape index (κ2) is 6.81. The van der Waals surface area contributed by atoms with Gasteiger partial charge in [-0.1, -0.05) is 19.1 Å². The first kappa shape index (κ1) is 14.2. The molecule has 1 unspecified atom stereocenters. The van der Waals surface area contributed by atoms with E-state index in [1.54, 1.807) is 6.26 Å². The van der Waals surface area contributed by atoms with Gasteiger partial charge in [-0.2, -0.15) is 0 Å². The lowest BCUT2D eigenvalue weighted by Crippen LogP contribution is -2.33. The summed E-state index contributed by atoms with van der Waals surface area (Å²) >= 11 is 0. The molecule has 2 aromatic rings. The highest BCUT2D eigenvalue weighted by atomic mass is 16.3. The second-order valence-electron chi connectivity index (χ2n) is 6.11. The highest BCUT2D eigenvalue weighted by molar-refractivity contribution is 5.44. The maximum absolute atomic E-state index is 5.32. The predicted octanol–water partition coefficient (Wildman–Crippen LogP) is 4.12. The number of benzene rings is 1. The summed E-state index contributed by atoms with van der Waals surface area (Å²) in [5.41, 5.74) is 2.54. The van der Waals surface area contributed by atoms with E-state index >= 15 is 0 Å². The number of piperidine rings is 1. The maximum atomic E-state index is 5.32. The van der Waals surface area contributed by atoms with Crippen molar-refractivity contribution in [1.29, 1.82) is 0 Å². The Bertz CT molecular complexity index is 533. The van der Waals surface area contributed by atoms with Gasteiger partial charge in [0.1, 0.15) is 5.76 Å². The van der Waals surface area contributed by atoms with Crippen LogP contribution in [0.4, 0.5) is 5.69 Å². The lowest BCUT2D eigenvalue weighted by Gasteiger charge is -2.30. The number of likely N-dealkylation sites (tertiary alicyclic amines) is 1. The van der Waals surface area contributed by atoms with Gasteiger partial charge in [0.15, 0.2) is 0 Å². The van der Waals surface area contributed by atoms with Crippen molar-refractivity contribution in [3.05, 3.63) is 54.0 Å². The monoisotopic (exact) mass is 284 g/mol. The molecule has 3 rings (SSSR count). The standard InChI is InChI=1S/C18H24N2O/c1-15-4-2-10-20(13-15)14-16-6-8-17(9-7-16)19-12-18-5-3-11-21-18/h3,5-9,11,15,19H,2,4,10,12-14H2,1H3. The fourth-order valence-electron chi connectivity index (χ4n) is 3.02. The van der Waals surface area contributed by atoms with Gasteiger partial charge >= 0.3 is 0 Å². The Hall–Kier alpha value is -1.74. The maximum Gasteiger partial charge on any atom is 0.122 e. The predicted molar refractivity (Wildman–Crippen MR) is 86.2 cm³/mol. The Kier molecular flexibility index (Phi) is 4.61. The number of nitrogens with one attached hydrogen (secondary N) is 1. The van der Waals surface area contributed by atoms with E-state index < -0.39 is 0 Å². The largest absolute Gasteiger partial charge is 0.467 e. The summed E-state index contributed by atoms with van der Waals surface area (Å²) in [6, 6.07) is 12.7. The topological polar surface area (TPSA) is 28.4 Å². The van der Waals surface area contributed by atoms with Crippen molar-refractivity contribution in [1.82, 2.24) is 4.90 Å². The minimum absolute atomic E-state index is 0.732. The van der Waals surface area contributed by atoms with Crippen LogP contribution in [0.25, 0.3) is 0 Å². The molecule has 3 nitrogen and oxygen atoms in total. The van der Waals surface area contributed by atoms with Crippen molar-refractivity contribution in [3.8, 4) is 0 Å². The molecule has 0 spiro atoms. The zero-order valence-corrected chi connectivity index (χ0v) is 12.7. The SMILES string of the molecule is CC1CCCN(Cc2ccc(NCc3ccco3)cc2)C1. The highest BCUT2D eigenvalue weighted by Gasteiger charge is 2.15. The normalized spacial score (nSPS) is 19.6. The van der Waals surface area contributed by atoms with E-state index in [0.717, 1.165) is 30.5 Å².